The van der Waals surface area contributed by atoms with Gasteiger partial charge in [0.1, 0.15) is 0 Å². The van der Waals surface area contributed by atoms with Crippen LogP contribution in [-0.2, 0) is 0 Å². The largest absolute Gasteiger partial charge is 0.341 e. The highest BCUT2D eigenvalue weighted by Crippen LogP contribution is 2.21. The highest BCUT2D eigenvalue weighted by Gasteiger charge is 2.17. The summed E-state index contributed by atoms with van der Waals surface area (Å²) < 4.78 is 1.03. The summed E-state index contributed by atoms with van der Waals surface area (Å²) >= 11 is 3.45. The van der Waals surface area contributed by atoms with Crippen molar-refractivity contribution in [1.82, 2.24) is 15.0 Å². The van der Waals surface area contributed by atoms with Crippen molar-refractivity contribution in [3.8, 4) is 0 Å². The maximum Gasteiger partial charge on any atom is 0.250 e. The summed E-state index contributed by atoms with van der Waals surface area (Å²) in [5, 5.41) is 7.71. The third-order valence-electron chi connectivity index (χ3n) is 4.63. The average Bonchev–Trinajstić information content (AvgIpc) is 3.28. The number of benzene rings is 2. The van der Waals surface area contributed by atoms with Crippen LogP contribution < -0.4 is 15.6 Å². The molecule has 2 aromatic carbocycles. The zero-order valence-electron chi connectivity index (χ0n) is 16.1. The van der Waals surface area contributed by atoms with Crippen LogP contribution in [-0.4, -0.2) is 33.8 Å². The van der Waals surface area contributed by atoms with Gasteiger partial charge in [-0.2, -0.15) is 20.1 Å². The van der Waals surface area contributed by atoms with Gasteiger partial charge in [-0.05, 0) is 49.6 Å². The first kappa shape index (κ1) is 19.3. The second-order valence-electron chi connectivity index (χ2n) is 6.78. The van der Waals surface area contributed by atoms with Crippen LogP contribution in [0.2, 0.25) is 0 Å². The van der Waals surface area contributed by atoms with Crippen molar-refractivity contribution in [2.24, 2.45) is 5.10 Å². The van der Waals surface area contributed by atoms with Gasteiger partial charge < -0.3 is 10.2 Å². The van der Waals surface area contributed by atoms with Crippen LogP contribution in [0.3, 0.4) is 0 Å². The average molecular weight is 452 g/mol. The molecule has 1 aromatic heterocycles. The number of aromatic nitrogens is 3. The van der Waals surface area contributed by atoms with E-state index in [9.17, 15) is 0 Å². The lowest BCUT2D eigenvalue weighted by atomic mass is 10.1. The first-order valence-electron chi connectivity index (χ1n) is 9.57. The van der Waals surface area contributed by atoms with Gasteiger partial charge in [-0.1, -0.05) is 46.3 Å². The molecule has 2 heterocycles. The van der Waals surface area contributed by atoms with Crippen molar-refractivity contribution in [1.29, 1.82) is 0 Å². The van der Waals surface area contributed by atoms with E-state index < -0.39 is 0 Å². The minimum atomic E-state index is 0.414. The van der Waals surface area contributed by atoms with Gasteiger partial charge in [0, 0.05) is 23.2 Å². The molecule has 0 radical (unpaired) electrons. The van der Waals surface area contributed by atoms with Crippen molar-refractivity contribution in [3.63, 3.8) is 0 Å². The molecule has 2 N–H and O–H groups in total. The molecule has 4 rings (SSSR count). The van der Waals surface area contributed by atoms with Crippen molar-refractivity contribution >= 4 is 45.2 Å². The van der Waals surface area contributed by atoms with Crippen LogP contribution in [0.1, 0.15) is 25.3 Å². The van der Waals surface area contributed by atoms with Crippen LogP contribution in [0, 0.1) is 0 Å². The highest BCUT2D eigenvalue weighted by atomic mass is 79.9. The van der Waals surface area contributed by atoms with E-state index in [1.807, 2.05) is 61.5 Å². The molecule has 0 spiro atoms. The van der Waals surface area contributed by atoms with E-state index in [1.54, 1.807) is 0 Å². The van der Waals surface area contributed by atoms with E-state index in [4.69, 9.17) is 0 Å². The molecule has 0 bridgehead atoms. The SMILES string of the molecule is C/C(=N\Nc1nc(Nc2ccccc2)nc(N2CCCC2)n1)c1ccc(Br)cc1. The number of nitrogens with zero attached hydrogens (tertiary/aromatic N) is 5. The van der Waals surface area contributed by atoms with Crippen LogP contribution >= 0.6 is 15.9 Å². The molecule has 1 saturated heterocycles. The van der Waals surface area contributed by atoms with Gasteiger partial charge in [0.15, 0.2) is 0 Å². The lowest BCUT2D eigenvalue weighted by molar-refractivity contribution is 0.882. The molecule has 3 aromatic rings. The Kier molecular flexibility index (Phi) is 6.00. The van der Waals surface area contributed by atoms with Gasteiger partial charge >= 0.3 is 0 Å². The quantitative estimate of drug-likeness (QED) is 0.413. The number of halogens is 1. The van der Waals surface area contributed by atoms with E-state index in [1.165, 1.54) is 0 Å². The van der Waals surface area contributed by atoms with Crippen molar-refractivity contribution < 1.29 is 0 Å². The van der Waals surface area contributed by atoms with Gasteiger partial charge in [-0.3, -0.25) is 0 Å². The molecule has 1 aliphatic heterocycles. The lowest BCUT2D eigenvalue weighted by Crippen LogP contribution is -2.22. The minimum Gasteiger partial charge on any atom is -0.341 e. The number of para-hydroxylation sites is 1. The lowest BCUT2D eigenvalue weighted by Gasteiger charge is -2.16. The second kappa shape index (κ2) is 9.00. The van der Waals surface area contributed by atoms with Crippen molar-refractivity contribution in [2.75, 3.05) is 28.7 Å². The van der Waals surface area contributed by atoms with Crippen LogP contribution in [0.25, 0.3) is 0 Å². The third-order valence-corrected chi connectivity index (χ3v) is 5.16. The Morgan fingerprint density at radius 2 is 1.62 bits per heavy atom. The Morgan fingerprint density at radius 1 is 0.931 bits per heavy atom. The van der Waals surface area contributed by atoms with Crippen molar-refractivity contribution in [3.05, 3.63) is 64.6 Å². The van der Waals surface area contributed by atoms with Gasteiger partial charge in [-0.15, -0.1) is 0 Å². The molecule has 0 aliphatic carbocycles. The maximum absolute atomic E-state index is 4.60. The molecule has 29 heavy (non-hydrogen) atoms. The Hall–Kier alpha value is -3.00. The zero-order valence-corrected chi connectivity index (χ0v) is 17.7. The van der Waals surface area contributed by atoms with E-state index in [0.29, 0.717) is 17.8 Å². The van der Waals surface area contributed by atoms with E-state index in [2.05, 4.69) is 51.6 Å². The number of hydrazone groups is 1. The zero-order chi connectivity index (χ0) is 20.1. The molecule has 8 heteroatoms. The summed E-state index contributed by atoms with van der Waals surface area (Å²) in [5.41, 5.74) is 5.79. The molecule has 0 atom stereocenters. The fourth-order valence-corrected chi connectivity index (χ4v) is 3.33. The first-order valence-corrected chi connectivity index (χ1v) is 10.4. The number of nitrogens with one attached hydrogen (secondary N) is 2. The van der Waals surface area contributed by atoms with E-state index in [-0.39, 0.29) is 0 Å². The summed E-state index contributed by atoms with van der Waals surface area (Å²) in [6.45, 7) is 3.85. The van der Waals surface area contributed by atoms with E-state index in [0.717, 1.165) is 47.4 Å². The number of hydrogen-bond acceptors (Lipinski definition) is 7. The molecule has 0 unspecified atom stereocenters. The molecule has 1 fully saturated rings. The van der Waals surface area contributed by atoms with E-state index >= 15 is 0 Å². The normalized spacial score (nSPS) is 14.1. The summed E-state index contributed by atoms with van der Waals surface area (Å²) in [5.74, 6) is 1.57. The number of hydrogen-bond donors (Lipinski definition) is 2. The number of anilines is 4. The Morgan fingerprint density at radius 3 is 2.34 bits per heavy atom. The molecular weight excluding hydrogens is 430 g/mol. The summed E-state index contributed by atoms with van der Waals surface area (Å²) in [4.78, 5) is 15.8. The molecule has 7 nitrogen and oxygen atoms in total. The van der Waals surface area contributed by atoms with Crippen LogP contribution in [0.5, 0.6) is 0 Å². The second-order valence-corrected chi connectivity index (χ2v) is 7.70. The van der Waals surface area contributed by atoms with Crippen LogP contribution in [0.4, 0.5) is 23.5 Å². The summed E-state index contributed by atoms with van der Waals surface area (Å²) in [6.07, 6.45) is 2.30. The standard InChI is InChI=1S/C21H22BrN7/c1-15(16-9-11-17(22)12-10-16)27-28-20-24-19(23-18-7-3-2-4-8-18)25-21(26-20)29-13-5-6-14-29/h2-4,7-12H,5-6,13-14H2,1H3,(H2,23,24,25,26,28)/b27-15+. The summed E-state index contributed by atoms with van der Waals surface area (Å²) in [7, 11) is 0. The van der Waals surface area contributed by atoms with Gasteiger partial charge in [0.25, 0.3) is 0 Å². The fourth-order valence-electron chi connectivity index (χ4n) is 3.07. The Balaban J connectivity index is 1.59. The fraction of sp³-hybridized carbons (Fsp3) is 0.238. The molecule has 0 amide bonds. The smallest absolute Gasteiger partial charge is 0.250 e. The van der Waals surface area contributed by atoms with Gasteiger partial charge in [0.05, 0.1) is 5.71 Å². The molecule has 1 aliphatic rings. The maximum atomic E-state index is 4.60. The topological polar surface area (TPSA) is 78.3 Å². The molecule has 0 saturated carbocycles. The van der Waals surface area contributed by atoms with Gasteiger partial charge in [0.2, 0.25) is 17.8 Å². The van der Waals surface area contributed by atoms with Gasteiger partial charge in [-0.25, -0.2) is 5.43 Å². The summed E-state index contributed by atoms with van der Waals surface area (Å²) in [6, 6.07) is 17.9. The predicted molar refractivity (Wildman–Crippen MR) is 121 cm³/mol. The molecule has 148 valence electrons. The Labute approximate surface area is 178 Å². The number of rotatable bonds is 6. The third kappa shape index (κ3) is 5.08. The van der Waals surface area contributed by atoms with Crippen molar-refractivity contribution in [2.45, 2.75) is 19.8 Å². The monoisotopic (exact) mass is 451 g/mol. The highest BCUT2D eigenvalue weighted by molar-refractivity contribution is 9.10. The Bertz CT molecular complexity index is 984. The molecular formula is C21H22BrN7. The minimum absolute atomic E-state index is 0.414. The predicted octanol–water partition coefficient (Wildman–Crippen LogP) is 4.81. The van der Waals surface area contributed by atoms with Crippen LogP contribution in [0.15, 0.2) is 64.2 Å². The first-order chi connectivity index (χ1) is 14.2.